The summed E-state index contributed by atoms with van der Waals surface area (Å²) in [5.41, 5.74) is 2.45. The molecule has 0 amide bonds. The molecule has 21 heavy (non-hydrogen) atoms. The number of thiophene rings is 1. The first kappa shape index (κ1) is 14.2. The average Bonchev–Trinajstić information content (AvgIpc) is 2.85. The third-order valence-corrected chi connectivity index (χ3v) is 5.06. The number of halogens is 1. The van der Waals surface area contributed by atoms with E-state index in [0.29, 0.717) is 22.0 Å². The molecule has 2 heterocycles. The van der Waals surface area contributed by atoms with E-state index in [0.717, 1.165) is 15.0 Å². The number of pyridine rings is 1. The van der Waals surface area contributed by atoms with Gasteiger partial charge in [-0.1, -0.05) is 22.0 Å². The van der Waals surface area contributed by atoms with Crippen molar-refractivity contribution >= 4 is 44.1 Å². The first-order valence-electron chi connectivity index (χ1n) is 6.38. The van der Waals surface area contributed by atoms with Crippen molar-refractivity contribution in [2.45, 2.75) is 13.8 Å². The largest absolute Gasteiger partial charge is 0.478 e. The highest BCUT2D eigenvalue weighted by Crippen LogP contribution is 2.35. The molecule has 0 aliphatic rings. The van der Waals surface area contributed by atoms with Crippen LogP contribution in [0.3, 0.4) is 0 Å². The van der Waals surface area contributed by atoms with E-state index in [9.17, 15) is 9.90 Å². The highest BCUT2D eigenvalue weighted by molar-refractivity contribution is 9.10. The Labute approximate surface area is 134 Å². The minimum Gasteiger partial charge on any atom is -0.478 e. The van der Waals surface area contributed by atoms with Crippen LogP contribution in [0.15, 0.2) is 34.8 Å². The van der Waals surface area contributed by atoms with Gasteiger partial charge in [0.15, 0.2) is 0 Å². The van der Waals surface area contributed by atoms with Crippen molar-refractivity contribution < 1.29 is 9.90 Å². The summed E-state index contributed by atoms with van der Waals surface area (Å²) in [6.45, 7) is 3.85. The molecule has 0 radical (unpaired) electrons. The number of carboxylic acid groups (broad SMARTS) is 1. The zero-order chi connectivity index (χ0) is 15.1. The summed E-state index contributed by atoms with van der Waals surface area (Å²) in [7, 11) is 0. The molecule has 0 aliphatic carbocycles. The van der Waals surface area contributed by atoms with Gasteiger partial charge >= 0.3 is 5.97 Å². The number of aromatic nitrogens is 1. The normalized spacial score (nSPS) is 11.0. The van der Waals surface area contributed by atoms with Crippen molar-refractivity contribution in [2.24, 2.45) is 0 Å². The molecule has 0 aliphatic heterocycles. The van der Waals surface area contributed by atoms with Crippen LogP contribution >= 0.6 is 27.3 Å². The van der Waals surface area contributed by atoms with Gasteiger partial charge < -0.3 is 5.11 Å². The van der Waals surface area contributed by atoms with Crippen molar-refractivity contribution in [3.63, 3.8) is 0 Å². The number of carbonyl (C=O) groups is 1. The molecule has 0 spiro atoms. The van der Waals surface area contributed by atoms with E-state index in [1.54, 1.807) is 11.3 Å². The number of benzene rings is 1. The van der Waals surface area contributed by atoms with E-state index < -0.39 is 5.97 Å². The first-order chi connectivity index (χ1) is 9.99. The Balaban J connectivity index is 2.43. The molecule has 1 N–H and O–H groups in total. The van der Waals surface area contributed by atoms with Gasteiger partial charge in [-0.25, -0.2) is 9.78 Å². The number of carboxylic acids is 1. The fourth-order valence-corrected chi connectivity index (χ4v) is 3.90. The van der Waals surface area contributed by atoms with Crippen molar-refractivity contribution in [3.8, 4) is 10.6 Å². The molecule has 3 rings (SSSR count). The Bertz CT molecular complexity index is 870. The topological polar surface area (TPSA) is 50.2 Å². The maximum atomic E-state index is 11.7. The summed E-state index contributed by atoms with van der Waals surface area (Å²) < 4.78 is 0.752. The maximum Gasteiger partial charge on any atom is 0.336 e. The number of aryl methyl sites for hydroxylation is 1. The van der Waals surface area contributed by atoms with Crippen LogP contribution in [0.25, 0.3) is 21.5 Å². The Kier molecular flexibility index (Phi) is 3.55. The van der Waals surface area contributed by atoms with Crippen LogP contribution in [-0.2, 0) is 0 Å². The quantitative estimate of drug-likeness (QED) is 0.695. The molecule has 106 valence electrons. The van der Waals surface area contributed by atoms with E-state index in [-0.39, 0.29) is 0 Å². The van der Waals surface area contributed by atoms with Crippen LogP contribution in [0.2, 0.25) is 0 Å². The predicted octanol–water partition coefficient (Wildman–Crippen LogP) is 5.04. The SMILES string of the molecule is Cc1ccc(-c2nc3cccc(Br)c3c(C(=O)O)c2C)s1. The van der Waals surface area contributed by atoms with Crippen LogP contribution in [0.5, 0.6) is 0 Å². The maximum absolute atomic E-state index is 11.7. The molecule has 0 saturated carbocycles. The summed E-state index contributed by atoms with van der Waals surface area (Å²) in [5.74, 6) is -0.929. The Morgan fingerprint density at radius 1 is 1.24 bits per heavy atom. The molecular weight excluding hydrogens is 350 g/mol. The molecule has 0 unspecified atom stereocenters. The standard InChI is InChI=1S/C16H12BrNO2S/c1-8-6-7-12(21-8)15-9(2)13(16(19)20)14-10(17)4-3-5-11(14)18-15/h3-7H,1-2H3,(H,19,20). The molecule has 5 heteroatoms. The number of hydrogen-bond acceptors (Lipinski definition) is 3. The zero-order valence-electron chi connectivity index (χ0n) is 11.5. The molecule has 3 nitrogen and oxygen atoms in total. The van der Waals surface area contributed by atoms with Crippen LogP contribution in [0.1, 0.15) is 20.8 Å². The third-order valence-electron chi connectivity index (χ3n) is 3.39. The first-order valence-corrected chi connectivity index (χ1v) is 7.99. The highest BCUT2D eigenvalue weighted by Gasteiger charge is 2.20. The molecule has 0 bridgehead atoms. The lowest BCUT2D eigenvalue weighted by Gasteiger charge is -2.12. The van der Waals surface area contributed by atoms with Crippen molar-refractivity contribution in [2.75, 3.05) is 0 Å². The molecule has 0 saturated heterocycles. The van der Waals surface area contributed by atoms with Gasteiger partial charge in [0.2, 0.25) is 0 Å². The lowest BCUT2D eigenvalue weighted by Crippen LogP contribution is -2.05. The van der Waals surface area contributed by atoms with Gasteiger partial charge in [0, 0.05) is 14.7 Å². The van der Waals surface area contributed by atoms with E-state index in [2.05, 4.69) is 20.9 Å². The van der Waals surface area contributed by atoms with Gasteiger partial charge in [0.25, 0.3) is 0 Å². The van der Waals surface area contributed by atoms with Crippen LogP contribution < -0.4 is 0 Å². The number of hydrogen-bond donors (Lipinski definition) is 1. The molecule has 0 atom stereocenters. The zero-order valence-corrected chi connectivity index (χ0v) is 13.9. The third kappa shape index (κ3) is 2.36. The average molecular weight is 362 g/mol. The molecule has 3 aromatic rings. The summed E-state index contributed by atoms with van der Waals surface area (Å²) in [5, 5.41) is 10.3. The van der Waals surface area contributed by atoms with Crippen LogP contribution in [0.4, 0.5) is 0 Å². The Morgan fingerprint density at radius 3 is 2.62 bits per heavy atom. The molecular formula is C16H12BrNO2S. The lowest BCUT2D eigenvalue weighted by atomic mass is 10.0. The van der Waals surface area contributed by atoms with E-state index in [1.807, 2.05) is 44.2 Å². The van der Waals surface area contributed by atoms with Gasteiger partial charge in [0.1, 0.15) is 0 Å². The number of rotatable bonds is 2. The highest BCUT2D eigenvalue weighted by atomic mass is 79.9. The van der Waals surface area contributed by atoms with E-state index >= 15 is 0 Å². The number of aromatic carboxylic acids is 1. The van der Waals surface area contributed by atoms with E-state index in [1.165, 1.54) is 4.88 Å². The van der Waals surface area contributed by atoms with Gasteiger partial charge in [0.05, 0.1) is 21.7 Å². The predicted molar refractivity (Wildman–Crippen MR) is 89.2 cm³/mol. The minimum atomic E-state index is -0.929. The fraction of sp³-hybridized carbons (Fsp3) is 0.125. The smallest absolute Gasteiger partial charge is 0.336 e. The second-order valence-corrected chi connectivity index (χ2v) is 6.95. The fourth-order valence-electron chi connectivity index (χ4n) is 2.43. The molecule has 1 aromatic carbocycles. The number of nitrogens with zero attached hydrogens (tertiary/aromatic N) is 1. The van der Waals surface area contributed by atoms with Crippen molar-refractivity contribution in [1.82, 2.24) is 4.98 Å². The van der Waals surface area contributed by atoms with Gasteiger partial charge in [-0.15, -0.1) is 11.3 Å². The van der Waals surface area contributed by atoms with Gasteiger partial charge in [-0.3, -0.25) is 0 Å². The Morgan fingerprint density at radius 2 is 2.00 bits per heavy atom. The van der Waals surface area contributed by atoms with Crippen LogP contribution in [-0.4, -0.2) is 16.1 Å². The lowest BCUT2D eigenvalue weighted by molar-refractivity contribution is 0.0698. The second kappa shape index (κ2) is 5.24. The summed E-state index contributed by atoms with van der Waals surface area (Å²) in [4.78, 5) is 18.6. The molecule has 0 fully saturated rings. The number of fused-ring (bicyclic) bond motifs is 1. The molecule has 2 aromatic heterocycles. The van der Waals surface area contributed by atoms with Crippen molar-refractivity contribution in [1.29, 1.82) is 0 Å². The second-order valence-electron chi connectivity index (χ2n) is 4.81. The summed E-state index contributed by atoms with van der Waals surface area (Å²) >= 11 is 5.06. The van der Waals surface area contributed by atoms with Crippen molar-refractivity contribution in [3.05, 3.63) is 50.8 Å². The van der Waals surface area contributed by atoms with E-state index in [4.69, 9.17) is 0 Å². The monoisotopic (exact) mass is 361 g/mol. The minimum absolute atomic E-state index is 0.313. The van der Waals surface area contributed by atoms with Gasteiger partial charge in [-0.2, -0.15) is 0 Å². The summed E-state index contributed by atoms with van der Waals surface area (Å²) in [6.07, 6.45) is 0. The van der Waals surface area contributed by atoms with Crippen LogP contribution in [0, 0.1) is 13.8 Å². The summed E-state index contributed by atoms with van der Waals surface area (Å²) in [6, 6.07) is 9.56. The Hall–Kier alpha value is -1.72. The van der Waals surface area contributed by atoms with Gasteiger partial charge in [-0.05, 0) is 43.7 Å².